The molecule has 1 aromatic carbocycles. The number of rotatable bonds is 5. The number of hydrogen-bond acceptors (Lipinski definition) is 3. The van der Waals surface area contributed by atoms with Gasteiger partial charge in [-0.05, 0) is 30.2 Å². The van der Waals surface area contributed by atoms with E-state index in [1.165, 1.54) is 11.1 Å². The lowest BCUT2D eigenvalue weighted by Gasteiger charge is -2.13. The number of carbonyl (C=O) groups excluding carboxylic acids is 1. The molecule has 0 fully saturated rings. The second kappa shape index (κ2) is 10.6. The van der Waals surface area contributed by atoms with Crippen LogP contribution in [-0.4, -0.2) is 30.4 Å². The van der Waals surface area contributed by atoms with Crippen molar-refractivity contribution < 1.29 is 4.79 Å². The zero-order chi connectivity index (χ0) is 16.5. The molecule has 0 saturated heterocycles. The highest BCUT2D eigenvalue weighted by molar-refractivity contribution is 14.0. The Kier molecular flexibility index (Phi) is 8.77. The monoisotopic (exact) mass is 439 g/mol. The average molecular weight is 439 g/mol. The Labute approximate surface area is 159 Å². The number of aryl methyl sites for hydroxylation is 1. The van der Waals surface area contributed by atoms with E-state index < -0.39 is 0 Å². The predicted molar refractivity (Wildman–Crippen MR) is 108 cm³/mol. The molecule has 0 bridgehead atoms. The van der Waals surface area contributed by atoms with Gasteiger partial charge in [-0.25, -0.2) is 0 Å². The van der Waals surface area contributed by atoms with Gasteiger partial charge in [0.1, 0.15) is 0 Å². The number of carbonyl (C=O) groups is 1. The molecular formula is C17H22IN5O. The Morgan fingerprint density at radius 3 is 2.62 bits per heavy atom. The molecule has 3 N–H and O–H groups in total. The molecule has 1 amide bonds. The van der Waals surface area contributed by atoms with Crippen LogP contribution in [0.3, 0.4) is 0 Å². The van der Waals surface area contributed by atoms with Gasteiger partial charge in [-0.1, -0.05) is 24.3 Å². The van der Waals surface area contributed by atoms with Crippen LogP contribution in [0.2, 0.25) is 0 Å². The first kappa shape index (κ1) is 19.9. The van der Waals surface area contributed by atoms with E-state index in [-0.39, 0.29) is 36.4 Å². The summed E-state index contributed by atoms with van der Waals surface area (Å²) in [5, 5.41) is 8.94. The summed E-state index contributed by atoms with van der Waals surface area (Å²) in [6, 6.07) is 11.7. The topological polar surface area (TPSA) is 78.4 Å². The molecule has 0 radical (unpaired) electrons. The summed E-state index contributed by atoms with van der Waals surface area (Å²) < 4.78 is 0. The highest BCUT2D eigenvalue weighted by Crippen LogP contribution is 2.05. The van der Waals surface area contributed by atoms with Crippen molar-refractivity contribution in [3.8, 4) is 0 Å². The van der Waals surface area contributed by atoms with E-state index in [1.54, 1.807) is 31.6 Å². The Hall–Kier alpha value is -2.16. The third-order valence-corrected chi connectivity index (χ3v) is 3.29. The van der Waals surface area contributed by atoms with Crippen molar-refractivity contribution in [2.24, 2.45) is 4.99 Å². The number of aliphatic imine (C=N–C) groups is 1. The predicted octanol–water partition coefficient (Wildman–Crippen LogP) is 2.31. The van der Waals surface area contributed by atoms with E-state index in [4.69, 9.17) is 0 Å². The first-order valence-electron chi connectivity index (χ1n) is 7.38. The zero-order valence-electron chi connectivity index (χ0n) is 13.7. The van der Waals surface area contributed by atoms with E-state index in [1.807, 2.05) is 12.1 Å². The lowest BCUT2D eigenvalue weighted by atomic mass is 10.1. The molecule has 0 unspecified atom stereocenters. The molecule has 2 aromatic rings. The van der Waals surface area contributed by atoms with Crippen LogP contribution in [-0.2, 0) is 11.3 Å². The van der Waals surface area contributed by atoms with Gasteiger partial charge in [0.15, 0.2) is 5.96 Å². The van der Waals surface area contributed by atoms with E-state index >= 15 is 0 Å². The molecule has 0 saturated carbocycles. The summed E-state index contributed by atoms with van der Waals surface area (Å²) in [7, 11) is 1.67. The van der Waals surface area contributed by atoms with Crippen molar-refractivity contribution in [3.63, 3.8) is 0 Å². The summed E-state index contributed by atoms with van der Waals surface area (Å²) >= 11 is 0. The van der Waals surface area contributed by atoms with E-state index in [9.17, 15) is 4.79 Å². The van der Waals surface area contributed by atoms with E-state index in [0.29, 0.717) is 18.2 Å². The second-order valence-corrected chi connectivity index (χ2v) is 5.00. The Balaban J connectivity index is 0.00000288. The van der Waals surface area contributed by atoms with Crippen LogP contribution in [0.1, 0.15) is 11.1 Å². The molecule has 0 atom stereocenters. The smallest absolute Gasteiger partial charge is 0.243 e. The number of anilines is 1. The molecule has 1 aromatic heterocycles. The second-order valence-electron chi connectivity index (χ2n) is 5.00. The van der Waals surface area contributed by atoms with Gasteiger partial charge in [0.2, 0.25) is 5.91 Å². The normalized spacial score (nSPS) is 10.5. The molecule has 7 heteroatoms. The number of nitrogens with one attached hydrogen (secondary N) is 3. The van der Waals surface area contributed by atoms with Gasteiger partial charge in [-0.2, -0.15) is 0 Å². The SMILES string of the molecule is CN=C(NCC(=O)Nc1cccnc1)NCc1ccccc1C.I. The van der Waals surface area contributed by atoms with Crippen LogP contribution in [0, 0.1) is 6.92 Å². The molecule has 0 spiro atoms. The maximum absolute atomic E-state index is 11.9. The molecule has 6 nitrogen and oxygen atoms in total. The van der Waals surface area contributed by atoms with Crippen molar-refractivity contribution in [1.29, 1.82) is 0 Å². The van der Waals surface area contributed by atoms with Crippen LogP contribution in [0.4, 0.5) is 5.69 Å². The third kappa shape index (κ3) is 6.53. The van der Waals surface area contributed by atoms with Crippen LogP contribution in [0.15, 0.2) is 53.8 Å². The standard InChI is InChI=1S/C17H21N5O.HI/c1-13-6-3-4-7-14(13)10-20-17(18-2)21-12-16(23)22-15-8-5-9-19-11-15;/h3-9,11H,10,12H2,1-2H3,(H,22,23)(H2,18,20,21);1H. The molecule has 2 rings (SSSR count). The number of amides is 1. The van der Waals surface area contributed by atoms with Crippen molar-refractivity contribution in [1.82, 2.24) is 15.6 Å². The van der Waals surface area contributed by atoms with Crippen LogP contribution in [0.25, 0.3) is 0 Å². The van der Waals surface area contributed by atoms with E-state index in [2.05, 4.69) is 45.0 Å². The molecule has 1 heterocycles. The molecular weight excluding hydrogens is 417 g/mol. The molecule has 128 valence electrons. The summed E-state index contributed by atoms with van der Waals surface area (Å²) in [5.74, 6) is 0.423. The van der Waals surface area contributed by atoms with Crippen LogP contribution < -0.4 is 16.0 Å². The Morgan fingerprint density at radius 1 is 1.17 bits per heavy atom. The maximum Gasteiger partial charge on any atom is 0.243 e. The van der Waals surface area contributed by atoms with Gasteiger partial charge in [0, 0.05) is 19.8 Å². The average Bonchev–Trinajstić information content (AvgIpc) is 2.57. The maximum atomic E-state index is 11.9. The fraction of sp³-hybridized carbons (Fsp3) is 0.235. The third-order valence-electron chi connectivity index (χ3n) is 3.29. The molecule has 0 aliphatic carbocycles. The number of hydrogen-bond donors (Lipinski definition) is 3. The minimum absolute atomic E-state index is 0. The van der Waals surface area contributed by atoms with Gasteiger partial charge in [-0.15, -0.1) is 24.0 Å². The number of guanidine groups is 1. The van der Waals surface area contributed by atoms with Crippen molar-refractivity contribution >= 4 is 41.5 Å². The number of aromatic nitrogens is 1. The number of benzene rings is 1. The first-order chi connectivity index (χ1) is 11.2. The van der Waals surface area contributed by atoms with Crippen LogP contribution in [0.5, 0.6) is 0 Å². The van der Waals surface area contributed by atoms with Gasteiger partial charge >= 0.3 is 0 Å². The zero-order valence-corrected chi connectivity index (χ0v) is 16.1. The highest BCUT2D eigenvalue weighted by Gasteiger charge is 2.05. The van der Waals surface area contributed by atoms with Gasteiger partial charge in [0.05, 0.1) is 18.4 Å². The number of pyridine rings is 1. The van der Waals surface area contributed by atoms with Gasteiger partial charge < -0.3 is 16.0 Å². The van der Waals surface area contributed by atoms with Gasteiger partial charge in [0.25, 0.3) is 0 Å². The van der Waals surface area contributed by atoms with Crippen LogP contribution >= 0.6 is 24.0 Å². The molecule has 24 heavy (non-hydrogen) atoms. The van der Waals surface area contributed by atoms with E-state index in [0.717, 1.165) is 0 Å². The Bertz CT molecular complexity index is 676. The fourth-order valence-corrected chi connectivity index (χ4v) is 2.01. The summed E-state index contributed by atoms with van der Waals surface area (Å²) in [6.45, 7) is 2.84. The number of nitrogens with zero attached hydrogens (tertiary/aromatic N) is 2. The minimum Gasteiger partial charge on any atom is -0.352 e. The largest absolute Gasteiger partial charge is 0.352 e. The molecule has 0 aliphatic rings. The summed E-state index contributed by atoms with van der Waals surface area (Å²) in [4.78, 5) is 19.9. The fourth-order valence-electron chi connectivity index (χ4n) is 2.01. The van der Waals surface area contributed by atoms with Gasteiger partial charge in [-0.3, -0.25) is 14.8 Å². The summed E-state index contributed by atoms with van der Waals surface area (Å²) in [5.41, 5.74) is 3.07. The highest BCUT2D eigenvalue weighted by atomic mass is 127. The lowest BCUT2D eigenvalue weighted by molar-refractivity contribution is -0.115. The Morgan fingerprint density at radius 2 is 1.96 bits per heavy atom. The minimum atomic E-state index is -0.156. The quantitative estimate of drug-likeness (QED) is 0.380. The van der Waals surface area contributed by atoms with Crippen molar-refractivity contribution in [2.75, 3.05) is 18.9 Å². The van der Waals surface area contributed by atoms with Crippen molar-refractivity contribution in [2.45, 2.75) is 13.5 Å². The number of halogens is 1. The molecule has 0 aliphatic heterocycles. The summed E-state index contributed by atoms with van der Waals surface area (Å²) in [6.07, 6.45) is 3.26. The van der Waals surface area contributed by atoms with Crippen molar-refractivity contribution in [3.05, 3.63) is 59.9 Å². The first-order valence-corrected chi connectivity index (χ1v) is 7.38. The lowest BCUT2D eigenvalue weighted by Crippen LogP contribution is -2.41.